The zero-order chi connectivity index (χ0) is 24.4. The zero-order valence-electron chi connectivity index (χ0n) is 18.6. The van der Waals surface area contributed by atoms with Gasteiger partial charge >= 0.3 is 12.3 Å². The number of hydrogen-bond acceptors (Lipinski definition) is 6. The van der Waals surface area contributed by atoms with Crippen LogP contribution in [0.15, 0.2) is 36.4 Å². The Hall–Kier alpha value is -3.50. The number of rotatable bonds is 4. The molecule has 2 heterocycles. The number of pyridine rings is 1. The molecule has 0 bridgehead atoms. The number of benzene rings is 1. The van der Waals surface area contributed by atoms with E-state index in [4.69, 9.17) is 9.47 Å². The third kappa shape index (κ3) is 6.50. The maximum absolute atomic E-state index is 13.0. The van der Waals surface area contributed by atoms with Gasteiger partial charge in [0.25, 0.3) is 0 Å². The number of carbonyl (C=O) groups is 2. The lowest BCUT2D eigenvalue weighted by Gasteiger charge is -2.35. The average molecular weight is 466 g/mol. The molecule has 11 heteroatoms. The number of amides is 2. The third-order valence-electron chi connectivity index (χ3n) is 4.51. The second kappa shape index (κ2) is 9.16. The molecule has 0 spiro atoms. The van der Waals surface area contributed by atoms with E-state index in [0.29, 0.717) is 11.4 Å². The van der Waals surface area contributed by atoms with Crippen molar-refractivity contribution in [2.75, 3.05) is 23.3 Å². The van der Waals surface area contributed by atoms with E-state index >= 15 is 0 Å². The highest BCUT2D eigenvalue weighted by atomic mass is 19.4. The molecule has 2 amide bonds. The van der Waals surface area contributed by atoms with Crippen LogP contribution in [0.2, 0.25) is 0 Å². The van der Waals surface area contributed by atoms with Crippen molar-refractivity contribution < 1.29 is 32.2 Å². The number of ether oxygens (including phenoxy) is 2. The lowest BCUT2D eigenvalue weighted by Crippen LogP contribution is -2.44. The maximum atomic E-state index is 13.0. The van der Waals surface area contributed by atoms with Gasteiger partial charge in [-0.1, -0.05) is 0 Å². The summed E-state index contributed by atoms with van der Waals surface area (Å²) in [6.07, 6.45) is -5.67. The summed E-state index contributed by atoms with van der Waals surface area (Å²) in [5, 5.41) is 5.19. The molecule has 1 aromatic heterocycles. The Balaban J connectivity index is 1.90. The lowest BCUT2D eigenvalue weighted by molar-refractivity contribution is -0.137. The Morgan fingerprint density at radius 1 is 1.15 bits per heavy atom. The van der Waals surface area contributed by atoms with E-state index in [1.54, 1.807) is 31.7 Å². The predicted molar refractivity (Wildman–Crippen MR) is 116 cm³/mol. The summed E-state index contributed by atoms with van der Waals surface area (Å²) >= 11 is 0. The average Bonchev–Trinajstić information content (AvgIpc) is 2.69. The van der Waals surface area contributed by atoms with Crippen molar-refractivity contribution in [1.29, 1.82) is 0 Å². The van der Waals surface area contributed by atoms with Gasteiger partial charge in [0.1, 0.15) is 23.2 Å². The maximum Gasteiger partial charge on any atom is 0.416 e. The van der Waals surface area contributed by atoms with Crippen molar-refractivity contribution in [3.63, 3.8) is 0 Å². The second-order valence-corrected chi connectivity index (χ2v) is 8.48. The summed E-state index contributed by atoms with van der Waals surface area (Å²) in [5.41, 5.74) is -0.458. The van der Waals surface area contributed by atoms with Crippen molar-refractivity contribution >= 4 is 29.2 Å². The first-order valence-electron chi connectivity index (χ1n) is 10.2. The first-order valence-corrected chi connectivity index (χ1v) is 10.2. The van der Waals surface area contributed by atoms with Gasteiger partial charge in [0, 0.05) is 12.6 Å². The number of aromatic nitrogens is 1. The van der Waals surface area contributed by atoms with Crippen LogP contribution < -0.4 is 20.3 Å². The highest BCUT2D eigenvalue weighted by Gasteiger charge is 2.32. The van der Waals surface area contributed by atoms with Crippen molar-refractivity contribution in [1.82, 2.24) is 10.3 Å². The number of halogens is 3. The Morgan fingerprint density at radius 2 is 1.82 bits per heavy atom. The van der Waals surface area contributed by atoms with Gasteiger partial charge in [-0.05, 0) is 57.2 Å². The molecule has 0 fully saturated rings. The van der Waals surface area contributed by atoms with Crippen LogP contribution >= 0.6 is 0 Å². The van der Waals surface area contributed by atoms with Gasteiger partial charge in [-0.2, -0.15) is 18.2 Å². The van der Waals surface area contributed by atoms with E-state index in [2.05, 4.69) is 15.6 Å². The van der Waals surface area contributed by atoms with Gasteiger partial charge in [0.05, 0.1) is 18.7 Å². The monoisotopic (exact) mass is 466 g/mol. The fourth-order valence-electron chi connectivity index (χ4n) is 3.14. The standard InChI is InChI=1S/C22H25F3N4O4/c1-13(30)26-11-16-12-29(15-7-5-14(6-8-15)22(23,24)25)17-9-10-18(27-19(17)32-16)28-20(31)33-21(2,3)4/h5-10,16H,11-12H2,1-4H3,(H,26,30)(H,27,28,31). The fourth-order valence-corrected chi connectivity index (χ4v) is 3.14. The van der Waals surface area contributed by atoms with Crippen LogP contribution in [0.1, 0.15) is 33.3 Å². The normalized spacial score (nSPS) is 15.8. The van der Waals surface area contributed by atoms with E-state index in [9.17, 15) is 22.8 Å². The largest absolute Gasteiger partial charge is 0.469 e. The van der Waals surface area contributed by atoms with E-state index in [1.165, 1.54) is 25.1 Å². The van der Waals surface area contributed by atoms with Crippen molar-refractivity contribution in [3.8, 4) is 5.88 Å². The van der Waals surface area contributed by atoms with Crippen LogP contribution in [0, 0.1) is 0 Å². The fraction of sp³-hybridized carbons (Fsp3) is 0.409. The lowest BCUT2D eigenvalue weighted by atomic mass is 10.1. The quantitative estimate of drug-likeness (QED) is 0.690. The van der Waals surface area contributed by atoms with E-state index in [-0.39, 0.29) is 30.7 Å². The van der Waals surface area contributed by atoms with Gasteiger partial charge in [-0.25, -0.2) is 4.79 Å². The highest BCUT2D eigenvalue weighted by molar-refractivity contribution is 5.84. The first kappa shape index (κ1) is 24.1. The smallest absolute Gasteiger partial charge is 0.416 e. The molecule has 0 saturated heterocycles. The molecule has 2 aromatic rings. The number of nitrogens with one attached hydrogen (secondary N) is 2. The number of nitrogens with zero attached hydrogens (tertiary/aromatic N) is 2. The molecule has 0 aliphatic carbocycles. The zero-order valence-corrected chi connectivity index (χ0v) is 18.6. The highest BCUT2D eigenvalue weighted by Crippen LogP contribution is 2.39. The van der Waals surface area contributed by atoms with Crippen LogP contribution in [0.3, 0.4) is 0 Å². The minimum Gasteiger partial charge on any atom is -0.469 e. The molecule has 1 aliphatic heterocycles. The second-order valence-electron chi connectivity index (χ2n) is 8.48. The molecule has 1 atom stereocenters. The Morgan fingerprint density at radius 3 is 2.39 bits per heavy atom. The summed E-state index contributed by atoms with van der Waals surface area (Å²) in [4.78, 5) is 29.5. The Kier molecular flexibility index (Phi) is 6.71. The molecule has 1 aliphatic rings. The van der Waals surface area contributed by atoms with E-state index in [0.717, 1.165) is 12.1 Å². The molecule has 0 radical (unpaired) electrons. The van der Waals surface area contributed by atoms with Crippen LogP contribution in [-0.4, -0.2) is 41.8 Å². The summed E-state index contributed by atoms with van der Waals surface area (Å²) in [6.45, 7) is 6.97. The molecule has 2 N–H and O–H groups in total. The van der Waals surface area contributed by atoms with E-state index < -0.39 is 29.5 Å². The Bertz CT molecular complexity index is 1020. The molecular formula is C22H25F3N4O4. The van der Waals surface area contributed by atoms with Gasteiger partial charge in [0.15, 0.2) is 0 Å². The molecule has 0 saturated carbocycles. The molecule has 1 unspecified atom stereocenters. The number of hydrogen-bond donors (Lipinski definition) is 2. The van der Waals surface area contributed by atoms with Crippen LogP contribution in [-0.2, 0) is 15.7 Å². The summed E-state index contributed by atoms with van der Waals surface area (Å²) in [5.74, 6) is 0.0828. The summed E-state index contributed by atoms with van der Waals surface area (Å²) < 4.78 is 50.0. The molecule has 178 valence electrons. The van der Waals surface area contributed by atoms with Gasteiger partial charge in [-0.15, -0.1) is 0 Å². The van der Waals surface area contributed by atoms with Crippen molar-refractivity contribution in [2.45, 2.75) is 45.6 Å². The minimum atomic E-state index is -4.45. The molecule has 33 heavy (non-hydrogen) atoms. The van der Waals surface area contributed by atoms with Crippen molar-refractivity contribution in [2.24, 2.45) is 0 Å². The number of alkyl halides is 3. The van der Waals surface area contributed by atoms with Gasteiger partial charge in [0.2, 0.25) is 11.8 Å². The Labute approximate surface area is 189 Å². The molecule has 3 rings (SSSR count). The van der Waals surface area contributed by atoms with Crippen LogP contribution in [0.5, 0.6) is 5.88 Å². The number of fused-ring (bicyclic) bond motifs is 1. The first-order chi connectivity index (χ1) is 15.3. The summed E-state index contributed by atoms with van der Waals surface area (Å²) in [7, 11) is 0. The van der Waals surface area contributed by atoms with Gasteiger partial charge < -0.3 is 19.7 Å². The van der Waals surface area contributed by atoms with E-state index in [1.807, 2.05) is 0 Å². The molecule has 1 aromatic carbocycles. The number of carbonyl (C=O) groups excluding carboxylic acids is 2. The topological polar surface area (TPSA) is 92.8 Å². The SMILES string of the molecule is CC(=O)NCC1CN(c2ccc(C(F)(F)F)cc2)c2ccc(NC(=O)OC(C)(C)C)nc2O1. The van der Waals surface area contributed by atoms with Crippen LogP contribution in [0.25, 0.3) is 0 Å². The third-order valence-corrected chi connectivity index (χ3v) is 4.51. The van der Waals surface area contributed by atoms with Crippen molar-refractivity contribution in [3.05, 3.63) is 42.0 Å². The van der Waals surface area contributed by atoms with Gasteiger partial charge in [-0.3, -0.25) is 10.1 Å². The molecular weight excluding hydrogens is 441 g/mol. The molecule has 8 nitrogen and oxygen atoms in total. The minimum absolute atomic E-state index is 0.157. The van der Waals surface area contributed by atoms with Crippen LogP contribution in [0.4, 0.5) is 35.2 Å². The summed E-state index contributed by atoms with van der Waals surface area (Å²) in [6, 6.07) is 7.90. The number of anilines is 3. The predicted octanol–water partition coefficient (Wildman–Crippen LogP) is 4.48.